The Labute approximate surface area is 207 Å². The van der Waals surface area contributed by atoms with Gasteiger partial charge in [-0.3, -0.25) is 9.59 Å². The molecule has 0 radical (unpaired) electrons. The van der Waals surface area contributed by atoms with Gasteiger partial charge in [-0.25, -0.2) is 14.4 Å². The smallest absolute Gasteiger partial charge is 0.255 e. The van der Waals surface area contributed by atoms with Crippen molar-refractivity contribution in [3.63, 3.8) is 0 Å². The maximum absolute atomic E-state index is 15.4. The van der Waals surface area contributed by atoms with Gasteiger partial charge in [-0.2, -0.15) is 0 Å². The van der Waals surface area contributed by atoms with Gasteiger partial charge in [0, 0.05) is 17.8 Å². The van der Waals surface area contributed by atoms with Crippen LogP contribution in [0, 0.1) is 25.6 Å². The number of aliphatic hydroxyl groups excluding tert-OH is 1. The van der Waals surface area contributed by atoms with Gasteiger partial charge in [-0.05, 0) is 63.5 Å². The molecule has 2 amide bonds. The zero-order valence-electron chi connectivity index (χ0n) is 20.4. The van der Waals surface area contributed by atoms with Crippen LogP contribution >= 0.6 is 0 Å². The Bertz CT molecular complexity index is 1320. The van der Waals surface area contributed by atoms with Crippen molar-refractivity contribution in [2.24, 2.45) is 5.92 Å². The highest BCUT2D eigenvalue weighted by Crippen LogP contribution is 2.39. The number of nitrogens with zero attached hydrogens (tertiary/aromatic N) is 2. The van der Waals surface area contributed by atoms with Gasteiger partial charge in [0.05, 0.1) is 23.3 Å². The molecule has 2 aliphatic carbocycles. The van der Waals surface area contributed by atoms with Crippen molar-refractivity contribution in [3.05, 3.63) is 41.1 Å². The molecule has 2 aromatic heterocycles. The van der Waals surface area contributed by atoms with E-state index in [1.807, 2.05) is 0 Å². The number of fused-ring (bicyclic) bond motifs is 1. The first-order chi connectivity index (χ1) is 17.4. The fourth-order valence-electron chi connectivity index (χ4n) is 4.86. The molecule has 0 spiro atoms. The van der Waals surface area contributed by atoms with Crippen LogP contribution < -0.4 is 15.4 Å². The number of aromatic nitrogens is 3. The average Bonchev–Trinajstić information content (AvgIpc) is 3.48. The molecule has 10 heteroatoms. The highest BCUT2D eigenvalue weighted by molar-refractivity contribution is 6.09. The van der Waals surface area contributed by atoms with Crippen LogP contribution in [-0.2, 0) is 4.79 Å². The number of nitrogens with one attached hydrogen (secondary N) is 3. The van der Waals surface area contributed by atoms with Crippen molar-refractivity contribution in [3.8, 4) is 17.0 Å². The van der Waals surface area contributed by atoms with Crippen LogP contribution in [0.5, 0.6) is 5.75 Å². The summed E-state index contributed by atoms with van der Waals surface area (Å²) in [5, 5.41) is 14.7. The first-order valence-corrected chi connectivity index (χ1v) is 12.3. The molecule has 0 saturated heterocycles. The van der Waals surface area contributed by atoms with E-state index in [0.717, 1.165) is 12.8 Å². The molecule has 190 valence electrons. The van der Waals surface area contributed by atoms with Crippen LogP contribution in [0.15, 0.2) is 18.5 Å². The third kappa shape index (κ3) is 4.77. The van der Waals surface area contributed by atoms with E-state index in [4.69, 9.17) is 9.84 Å². The Morgan fingerprint density at radius 1 is 1.14 bits per heavy atom. The minimum atomic E-state index is -0.557. The summed E-state index contributed by atoms with van der Waals surface area (Å²) in [6, 6.07) is 3.24. The summed E-state index contributed by atoms with van der Waals surface area (Å²) in [6.07, 6.45) is 5.57. The van der Waals surface area contributed by atoms with Crippen LogP contribution in [0.4, 0.5) is 4.39 Å². The summed E-state index contributed by atoms with van der Waals surface area (Å²) in [6.45, 7) is 3.44. The van der Waals surface area contributed by atoms with Crippen molar-refractivity contribution in [2.75, 3.05) is 13.2 Å². The number of hydrogen-bond donors (Lipinski definition) is 4. The molecule has 2 saturated carbocycles. The number of amides is 2. The molecular weight excluding hydrogens is 465 g/mol. The standard InChI is InChI=1S/C26H30FN5O4/c1-13-3-8-18(36-11-15-4-5-15)21(22(13)27)24-25-23(28-12-29-24)20(14(2)30-25)26(35)32-17-7-6-16(9-17)31-19(34)10-33/h3,8,12,15-17,30,33H,4-7,9-11H2,1-2H3,(H,31,34)(H,32,35). The third-order valence-electron chi connectivity index (χ3n) is 6.98. The molecular formula is C26H30FN5O4. The van der Waals surface area contributed by atoms with Crippen molar-refractivity contribution >= 4 is 22.8 Å². The van der Waals surface area contributed by atoms with Crippen LogP contribution in [0.2, 0.25) is 0 Å². The number of aliphatic hydroxyl groups is 1. The van der Waals surface area contributed by atoms with E-state index >= 15 is 4.39 Å². The number of benzene rings is 1. The summed E-state index contributed by atoms with van der Waals surface area (Å²) in [5.74, 6) is -0.207. The van der Waals surface area contributed by atoms with Crippen LogP contribution in [0.25, 0.3) is 22.3 Å². The first kappa shape index (κ1) is 24.2. The molecule has 2 atom stereocenters. The third-order valence-corrected chi connectivity index (χ3v) is 6.98. The summed E-state index contributed by atoms with van der Waals surface area (Å²) >= 11 is 0. The van der Waals surface area contributed by atoms with Crippen molar-refractivity contribution in [1.82, 2.24) is 25.6 Å². The van der Waals surface area contributed by atoms with Crippen LogP contribution in [-0.4, -0.2) is 57.2 Å². The second-order valence-electron chi connectivity index (χ2n) is 9.80. The van der Waals surface area contributed by atoms with Gasteiger partial charge in [0.1, 0.15) is 35.7 Å². The Hall–Kier alpha value is -3.53. The Morgan fingerprint density at radius 2 is 1.89 bits per heavy atom. The summed E-state index contributed by atoms with van der Waals surface area (Å²) in [7, 11) is 0. The fourth-order valence-corrected chi connectivity index (χ4v) is 4.86. The van der Waals surface area contributed by atoms with Gasteiger partial charge in [0.15, 0.2) is 0 Å². The highest BCUT2D eigenvalue weighted by atomic mass is 19.1. The maximum Gasteiger partial charge on any atom is 0.255 e. The van der Waals surface area contributed by atoms with Gasteiger partial charge >= 0.3 is 0 Å². The highest BCUT2D eigenvalue weighted by Gasteiger charge is 2.30. The Kier molecular flexibility index (Phi) is 6.61. The summed E-state index contributed by atoms with van der Waals surface area (Å²) in [5.41, 5.74) is 2.94. The molecule has 1 aromatic carbocycles. The first-order valence-electron chi connectivity index (χ1n) is 12.3. The van der Waals surface area contributed by atoms with Gasteiger partial charge < -0.3 is 25.5 Å². The zero-order chi connectivity index (χ0) is 25.4. The fraction of sp³-hybridized carbons (Fsp3) is 0.462. The number of halogens is 1. The molecule has 2 aliphatic rings. The maximum atomic E-state index is 15.4. The SMILES string of the molecule is Cc1ccc(OCC2CC2)c(-c2ncnc3c(C(=O)NC4CCC(NC(=O)CO)C4)c(C)[nH]c23)c1F. The summed E-state index contributed by atoms with van der Waals surface area (Å²) < 4.78 is 21.4. The lowest BCUT2D eigenvalue weighted by molar-refractivity contribution is -0.124. The molecule has 2 unspecified atom stereocenters. The number of H-pyrrole nitrogens is 1. The average molecular weight is 496 g/mol. The van der Waals surface area contributed by atoms with E-state index in [1.165, 1.54) is 6.33 Å². The second kappa shape index (κ2) is 9.85. The number of carbonyl (C=O) groups excluding carboxylic acids is 2. The van der Waals surface area contributed by atoms with Crippen molar-refractivity contribution in [2.45, 2.75) is 58.0 Å². The van der Waals surface area contributed by atoms with Crippen molar-refractivity contribution < 1.29 is 23.8 Å². The largest absolute Gasteiger partial charge is 0.492 e. The molecule has 3 aromatic rings. The number of carbonyl (C=O) groups is 2. The van der Waals surface area contributed by atoms with Crippen LogP contribution in [0.3, 0.4) is 0 Å². The van der Waals surface area contributed by atoms with Gasteiger partial charge in [0.2, 0.25) is 5.91 Å². The van der Waals surface area contributed by atoms with Gasteiger partial charge in [-0.1, -0.05) is 6.07 Å². The lowest BCUT2D eigenvalue weighted by Gasteiger charge is -2.15. The van der Waals surface area contributed by atoms with E-state index in [1.54, 1.807) is 26.0 Å². The Balaban J connectivity index is 1.44. The molecule has 2 fully saturated rings. The minimum absolute atomic E-state index is 0.0914. The summed E-state index contributed by atoms with van der Waals surface area (Å²) in [4.78, 5) is 36.7. The van der Waals surface area contributed by atoms with Crippen molar-refractivity contribution in [1.29, 1.82) is 0 Å². The second-order valence-corrected chi connectivity index (χ2v) is 9.80. The predicted molar refractivity (Wildman–Crippen MR) is 131 cm³/mol. The van der Waals surface area contributed by atoms with Gasteiger partial charge in [0.25, 0.3) is 5.91 Å². The molecule has 2 heterocycles. The number of rotatable bonds is 8. The number of aromatic amines is 1. The predicted octanol–water partition coefficient (Wildman–Crippen LogP) is 2.93. The van der Waals surface area contributed by atoms with E-state index < -0.39 is 18.3 Å². The lowest BCUT2D eigenvalue weighted by Crippen LogP contribution is -2.38. The van der Waals surface area contributed by atoms with E-state index in [-0.39, 0.29) is 23.6 Å². The quantitative estimate of drug-likeness (QED) is 0.380. The molecule has 4 N–H and O–H groups in total. The number of ether oxygens (including phenoxy) is 1. The normalized spacial score (nSPS) is 19.4. The molecule has 5 rings (SSSR count). The number of hydrogen-bond acceptors (Lipinski definition) is 6. The van der Waals surface area contributed by atoms with E-state index in [0.29, 0.717) is 71.1 Å². The van der Waals surface area contributed by atoms with Crippen LogP contribution in [0.1, 0.15) is 53.7 Å². The van der Waals surface area contributed by atoms with Gasteiger partial charge in [-0.15, -0.1) is 0 Å². The number of aryl methyl sites for hydroxylation is 2. The van der Waals surface area contributed by atoms with E-state index in [2.05, 4.69) is 25.6 Å². The lowest BCUT2D eigenvalue weighted by atomic mass is 10.0. The molecule has 9 nitrogen and oxygen atoms in total. The molecule has 0 aliphatic heterocycles. The minimum Gasteiger partial charge on any atom is -0.492 e. The monoisotopic (exact) mass is 495 g/mol. The zero-order valence-corrected chi connectivity index (χ0v) is 20.4. The topological polar surface area (TPSA) is 129 Å². The van der Waals surface area contributed by atoms with E-state index in [9.17, 15) is 9.59 Å². The molecule has 0 bridgehead atoms. The molecule has 36 heavy (non-hydrogen) atoms. The Morgan fingerprint density at radius 3 is 2.61 bits per heavy atom.